The number of H-pyrrole nitrogens is 1. The fourth-order valence-corrected chi connectivity index (χ4v) is 4.37. The van der Waals surface area contributed by atoms with E-state index in [4.69, 9.17) is 4.98 Å². The number of fused-ring (bicyclic) bond motifs is 1. The minimum atomic E-state index is -0.487. The number of aromatic nitrogens is 4. The van der Waals surface area contributed by atoms with Crippen molar-refractivity contribution in [2.45, 2.75) is 39.2 Å². The van der Waals surface area contributed by atoms with Gasteiger partial charge in [0.25, 0.3) is 5.56 Å². The van der Waals surface area contributed by atoms with Crippen molar-refractivity contribution in [1.82, 2.24) is 24.0 Å². The van der Waals surface area contributed by atoms with Gasteiger partial charge in [0.2, 0.25) is 11.9 Å². The van der Waals surface area contributed by atoms with Crippen molar-refractivity contribution >= 4 is 23.0 Å². The average molecular weight is 439 g/mol. The quantitative estimate of drug-likeness (QED) is 0.651. The summed E-state index contributed by atoms with van der Waals surface area (Å²) in [5, 5.41) is 0. The van der Waals surface area contributed by atoms with Crippen LogP contribution in [0.25, 0.3) is 11.2 Å². The fraction of sp³-hybridized carbons (Fsp3) is 0.478. The molecule has 9 heteroatoms. The summed E-state index contributed by atoms with van der Waals surface area (Å²) in [6.07, 6.45) is 0.487. The van der Waals surface area contributed by atoms with E-state index < -0.39 is 11.2 Å². The normalized spacial score (nSPS) is 14.9. The van der Waals surface area contributed by atoms with Crippen LogP contribution in [-0.4, -0.2) is 56.1 Å². The van der Waals surface area contributed by atoms with E-state index in [2.05, 4.69) is 35.9 Å². The fourth-order valence-electron chi connectivity index (χ4n) is 4.37. The number of carbonyl (C=O) groups is 1. The lowest BCUT2D eigenvalue weighted by Gasteiger charge is -2.36. The molecule has 1 aromatic carbocycles. The highest BCUT2D eigenvalue weighted by Gasteiger charge is 2.30. The van der Waals surface area contributed by atoms with Gasteiger partial charge >= 0.3 is 5.69 Å². The van der Waals surface area contributed by atoms with Crippen molar-refractivity contribution in [1.29, 1.82) is 0 Å². The summed E-state index contributed by atoms with van der Waals surface area (Å²) >= 11 is 0. The maximum Gasteiger partial charge on any atom is 0.329 e. The van der Waals surface area contributed by atoms with Gasteiger partial charge in [-0.15, -0.1) is 0 Å². The number of piperazine rings is 1. The highest BCUT2D eigenvalue weighted by Crippen LogP contribution is 2.30. The van der Waals surface area contributed by atoms with Crippen LogP contribution in [0.1, 0.15) is 32.8 Å². The van der Waals surface area contributed by atoms with Crippen molar-refractivity contribution < 1.29 is 4.79 Å². The molecule has 9 nitrogen and oxygen atoms in total. The van der Waals surface area contributed by atoms with Crippen molar-refractivity contribution in [3.05, 3.63) is 56.7 Å². The van der Waals surface area contributed by atoms with E-state index in [1.165, 1.54) is 4.57 Å². The molecule has 0 bridgehead atoms. The number of nitrogens with one attached hydrogen (secondary N) is 1. The molecule has 1 amide bonds. The monoisotopic (exact) mass is 438 g/mol. The Morgan fingerprint density at radius 1 is 1.09 bits per heavy atom. The number of amides is 1. The number of anilines is 1. The van der Waals surface area contributed by atoms with Gasteiger partial charge in [0.15, 0.2) is 11.2 Å². The summed E-state index contributed by atoms with van der Waals surface area (Å²) in [6, 6.07) is 10.1. The molecular weight excluding hydrogens is 408 g/mol. The molecular formula is C23H30N6O3. The van der Waals surface area contributed by atoms with Gasteiger partial charge in [-0.25, -0.2) is 4.79 Å². The molecule has 170 valence electrons. The summed E-state index contributed by atoms with van der Waals surface area (Å²) in [5.41, 5.74) is 0.685. The molecule has 2 aromatic heterocycles. The second kappa shape index (κ2) is 8.29. The van der Waals surface area contributed by atoms with Crippen LogP contribution in [0.3, 0.4) is 0 Å². The molecule has 0 unspecified atom stereocenters. The van der Waals surface area contributed by atoms with Crippen molar-refractivity contribution in [3.8, 4) is 0 Å². The second-order valence-electron chi connectivity index (χ2n) is 8.96. The van der Waals surface area contributed by atoms with E-state index in [0.29, 0.717) is 56.3 Å². The molecule has 0 atom stereocenters. The Balaban J connectivity index is 1.80. The van der Waals surface area contributed by atoms with E-state index in [1.807, 2.05) is 34.6 Å². The van der Waals surface area contributed by atoms with E-state index in [9.17, 15) is 14.4 Å². The summed E-state index contributed by atoms with van der Waals surface area (Å²) in [7, 11) is 1.61. The number of rotatable bonds is 5. The van der Waals surface area contributed by atoms with Gasteiger partial charge in [0.1, 0.15) is 0 Å². The van der Waals surface area contributed by atoms with Gasteiger partial charge in [-0.1, -0.05) is 51.1 Å². The molecule has 32 heavy (non-hydrogen) atoms. The lowest BCUT2D eigenvalue weighted by molar-refractivity contribution is -0.131. The SMILES string of the molecule is CCC(=O)N1CCN(c2nc3c(c(=O)[nH]c(=O)n3C)n2CC(C)(C)c2ccccc2)CC1. The first kappa shape index (κ1) is 21.9. The van der Waals surface area contributed by atoms with E-state index in [-0.39, 0.29) is 11.3 Å². The summed E-state index contributed by atoms with van der Waals surface area (Å²) in [4.78, 5) is 48.3. The Morgan fingerprint density at radius 3 is 2.38 bits per heavy atom. The first-order valence-electron chi connectivity index (χ1n) is 11.0. The lowest BCUT2D eigenvalue weighted by Crippen LogP contribution is -2.49. The molecule has 1 saturated heterocycles. The van der Waals surface area contributed by atoms with Gasteiger partial charge < -0.3 is 14.4 Å². The van der Waals surface area contributed by atoms with Gasteiger partial charge in [-0.05, 0) is 5.56 Å². The van der Waals surface area contributed by atoms with Crippen LogP contribution in [0.4, 0.5) is 5.95 Å². The number of hydrogen-bond acceptors (Lipinski definition) is 5. The number of nitrogens with zero attached hydrogens (tertiary/aromatic N) is 5. The van der Waals surface area contributed by atoms with Crippen LogP contribution in [-0.2, 0) is 23.8 Å². The van der Waals surface area contributed by atoms with Gasteiger partial charge in [-0.3, -0.25) is 19.1 Å². The molecule has 1 fully saturated rings. The van der Waals surface area contributed by atoms with Crippen molar-refractivity contribution in [3.63, 3.8) is 0 Å². The molecule has 0 radical (unpaired) electrons. The van der Waals surface area contributed by atoms with Gasteiger partial charge in [-0.2, -0.15) is 4.98 Å². The maximum atomic E-state index is 12.9. The zero-order chi connectivity index (χ0) is 23.0. The van der Waals surface area contributed by atoms with Gasteiger partial charge in [0, 0.05) is 51.6 Å². The third-order valence-electron chi connectivity index (χ3n) is 6.31. The minimum Gasteiger partial charge on any atom is -0.339 e. The predicted octanol–water partition coefficient (Wildman–Crippen LogP) is 1.46. The molecule has 0 spiro atoms. The third kappa shape index (κ3) is 3.83. The van der Waals surface area contributed by atoms with E-state index in [0.717, 1.165) is 5.56 Å². The lowest BCUT2D eigenvalue weighted by atomic mass is 9.84. The summed E-state index contributed by atoms with van der Waals surface area (Å²) < 4.78 is 3.31. The molecule has 3 aromatic rings. The third-order valence-corrected chi connectivity index (χ3v) is 6.31. The highest BCUT2D eigenvalue weighted by molar-refractivity contribution is 5.77. The Bertz CT molecular complexity index is 1250. The van der Waals surface area contributed by atoms with Crippen molar-refractivity contribution in [2.75, 3.05) is 31.1 Å². The number of benzene rings is 1. The molecule has 1 aliphatic rings. The van der Waals surface area contributed by atoms with Crippen LogP contribution >= 0.6 is 0 Å². The van der Waals surface area contributed by atoms with Gasteiger partial charge in [0.05, 0.1) is 0 Å². The molecule has 4 rings (SSSR count). The maximum absolute atomic E-state index is 12.9. The molecule has 0 saturated carbocycles. The van der Waals surface area contributed by atoms with Crippen LogP contribution in [0.2, 0.25) is 0 Å². The summed E-state index contributed by atoms with van der Waals surface area (Å²) in [5.74, 6) is 0.793. The topological polar surface area (TPSA) is 96.2 Å². The molecule has 1 N–H and O–H groups in total. The predicted molar refractivity (Wildman–Crippen MR) is 124 cm³/mol. The van der Waals surface area contributed by atoms with Crippen LogP contribution < -0.4 is 16.1 Å². The largest absolute Gasteiger partial charge is 0.339 e. The first-order valence-corrected chi connectivity index (χ1v) is 11.0. The summed E-state index contributed by atoms with van der Waals surface area (Å²) in [6.45, 7) is 9.09. The Hall–Kier alpha value is -3.36. The van der Waals surface area contributed by atoms with Crippen LogP contribution in [0.5, 0.6) is 0 Å². The number of imidazole rings is 1. The molecule has 3 heterocycles. The number of hydrogen-bond donors (Lipinski definition) is 1. The zero-order valence-corrected chi connectivity index (χ0v) is 19.1. The van der Waals surface area contributed by atoms with Crippen LogP contribution in [0.15, 0.2) is 39.9 Å². The minimum absolute atomic E-state index is 0.141. The number of aromatic amines is 1. The smallest absolute Gasteiger partial charge is 0.329 e. The molecule has 1 aliphatic heterocycles. The van der Waals surface area contributed by atoms with Crippen molar-refractivity contribution in [2.24, 2.45) is 7.05 Å². The van der Waals surface area contributed by atoms with Crippen LogP contribution in [0, 0.1) is 0 Å². The standard InChI is InChI=1S/C23H30N6O3/c1-5-17(30)27-11-13-28(14-12-27)21-24-19-18(20(31)25-22(32)26(19)4)29(21)15-23(2,3)16-9-7-6-8-10-16/h6-10H,5,11-15H2,1-4H3,(H,25,31,32). The number of carbonyl (C=O) groups excluding carboxylic acids is 1. The Labute approximate surface area is 186 Å². The second-order valence-corrected chi connectivity index (χ2v) is 8.96. The Kier molecular flexibility index (Phi) is 5.66. The zero-order valence-electron chi connectivity index (χ0n) is 19.1. The van der Waals surface area contributed by atoms with E-state index in [1.54, 1.807) is 7.05 Å². The number of aryl methyl sites for hydroxylation is 1. The van der Waals surface area contributed by atoms with E-state index >= 15 is 0 Å². The average Bonchev–Trinajstić information content (AvgIpc) is 3.17. The molecule has 0 aliphatic carbocycles. The highest BCUT2D eigenvalue weighted by atomic mass is 16.2. The first-order chi connectivity index (χ1) is 15.2. The Morgan fingerprint density at radius 2 is 1.75 bits per heavy atom.